The van der Waals surface area contributed by atoms with Gasteiger partial charge in [0.05, 0.1) is 11.2 Å². The first-order valence-electron chi connectivity index (χ1n) is 6.54. The highest BCUT2D eigenvalue weighted by Crippen LogP contribution is 2.28. The van der Waals surface area contributed by atoms with Gasteiger partial charge in [0.25, 0.3) is 0 Å². The van der Waals surface area contributed by atoms with Crippen LogP contribution in [0.1, 0.15) is 10.5 Å². The Morgan fingerprint density at radius 2 is 2.05 bits per heavy atom. The van der Waals surface area contributed by atoms with E-state index in [0.717, 1.165) is 22.3 Å². The minimum Gasteiger partial charge on any atom is -0.436 e. The number of hydrogen-bond donors (Lipinski definition) is 0. The molecule has 0 spiro atoms. The van der Waals surface area contributed by atoms with Crippen LogP contribution < -0.4 is 0 Å². The van der Waals surface area contributed by atoms with E-state index in [4.69, 9.17) is 4.42 Å². The van der Waals surface area contributed by atoms with Crippen LogP contribution in [0.3, 0.4) is 0 Å². The predicted octanol–water partition coefficient (Wildman–Crippen LogP) is 3.83. The molecule has 0 aliphatic carbocycles. The number of oxazole rings is 1. The van der Waals surface area contributed by atoms with Crippen molar-refractivity contribution >= 4 is 28.7 Å². The SMILES string of the molecule is O=Cc1cc(-c2nc3cc(-c4cscn4)ccc3o2)ccn1. The highest BCUT2D eigenvalue weighted by atomic mass is 32.1. The molecular formula is C16H9N3O2S. The molecule has 6 heteroatoms. The van der Waals surface area contributed by atoms with Gasteiger partial charge in [-0.1, -0.05) is 0 Å². The van der Waals surface area contributed by atoms with Crippen LogP contribution in [0.25, 0.3) is 33.8 Å². The van der Waals surface area contributed by atoms with Crippen LogP contribution >= 0.6 is 11.3 Å². The average Bonchev–Trinajstić information content (AvgIpc) is 3.23. The van der Waals surface area contributed by atoms with E-state index in [2.05, 4.69) is 15.0 Å². The number of hydrogen-bond acceptors (Lipinski definition) is 6. The summed E-state index contributed by atoms with van der Waals surface area (Å²) in [7, 11) is 0. The van der Waals surface area contributed by atoms with Crippen LogP contribution in [0.5, 0.6) is 0 Å². The van der Waals surface area contributed by atoms with Crippen molar-refractivity contribution in [1.29, 1.82) is 0 Å². The van der Waals surface area contributed by atoms with Crippen LogP contribution in [-0.4, -0.2) is 21.2 Å². The van der Waals surface area contributed by atoms with E-state index in [0.29, 0.717) is 23.5 Å². The van der Waals surface area contributed by atoms with Crippen molar-refractivity contribution in [3.63, 3.8) is 0 Å². The molecule has 3 aromatic heterocycles. The lowest BCUT2D eigenvalue weighted by Crippen LogP contribution is -1.86. The van der Waals surface area contributed by atoms with Crippen molar-refractivity contribution in [3.05, 3.63) is 53.1 Å². The summed E-state index contributed by atoms with van der Waals surface area (Å²) in [6, 6.07) is 9.19. The van der Waals surface area contributed by atoms with Crippen LogP contribution in [0, 0.1) is 0 Å². The summed E-state index contributed by atoms with van der Waals surface area (Å²) < 4.78 is 5.75. The lowest BCUT2D eigenvalue weighted by atomic mass is 10.1. The topological polar surface area (TPSA) is 68.9 Å². The summed E-state index contributed by atoms with van der Waals surface area (Å²) in [5, 5.41) is 1.99. The summed E-state index contributed by atoms with van der Waals surface area (Å²) in [5.41, 5.74) is 6.24. The molecule has 0 N–H and O–H groups in total. The van der Waals surface area contributed by atoms with Gasteiger partial charge >= 0.3 is 0 Å². The van der Waals surface area contributed by atoms with Gasteiger partial charge < -0.3 is 4.42 Å². The quantitative estimate of drug-likeness (QED) is 0.538. The number of carbonyl (C=O) groups is 1. The third-order valence-electron chi connectivity index (χ3n) is 3.26. The summed E-state index contributed by atoms with van der Waals surface area (Å²) >= 11 is 1.55. The van der Waals surface area contributed by atoms with Gasteiger partial charge in [0.15, 0.2) is 11.9 Å². The maximum atomic E-state index is 10.8. The third kappa shape index (κ3) is 2.19. The predicted molar refractivity (Wildman–Crippen MR) is 83.7 cm³/mol. The Morgan fingerprint density at radius 3 is 2.86 bits per heavy atom. The number of fused-ring (bicyclic) bond motifs is 1. The van der Waals surface area contributed by atoms with Gasteiger partial charge in [-0.25, -0.2) is 9.97 Å². The molecule has 0 fully saturated rings. The molecule has 0 atom stereocenters. The largest absolute Gasteiger partial charge is 0.436 e. The van der Waals surface area contributed by atoms with E-state index in [-0.39, 0.29) is 0 Å². The number of pyridine rings is 1. The summed E-state index contributed by atoms with van der Waals surface area (Å²) in [6.07, 6.45) is 2.27. The van der Waals surface area contributed by atoms with E-state index in [9.17, 15) is 4.79 Å². The first-order valence-corrected chi connectivity index (χ1v) is 7.48. The smallest absolute Gasteiger partial charge is 0.227 e. The second-order valence-corrected chi connectivity index (χ2v) is 5.38. The van der Waals surface area contributed by atoms with Crippen molar-refractivity contribution in [1.82, 2.24) is 15.0 Å². The Labute approximate surface area is 129 Å². The van der Waals surface area contributed by atoms with E-state index in [1.807, 2.05) is 23.6 Å². The van der Waals surface area contributed by atoms with Crippen LogP contribution in [0.2, 0.25) is 0 Å². The van der Waals surface area contributed by atoms with Crippen molar-refractivity contribution in [2.45, 2.75) is 0 Å². The van der Waals surface area contributed by atoms with Gasteiger partial charge in [-0.3, -0.25) is 9.78 Å². The van der Waals surface area contributed by atoms with E-state index in [1.54, 1.807) is 35.2 Å². The molecule has 0 amide bonds. The highest BCUT2D eigenvalue weighted by Gasteiger charge is 2.10. The molecule has 0 aliphatic rings. The van der Waals surface area contributed by atoms with Crippen molar-refractivity contribution < 1.29 is 9.21 Å². The number of thiazole rings is 1. The lowest BCUT2D eigenvalue weighted by Gasteiger charge is -1.94. The number of nitrogens with zero attached hydrogens (tertiary/aromatic N) is 3. The Balaban J connectivity index is 1.81. The summed E-state index contributed by atoms with van der Waals surface area (Å²) in [6.45, 7) is 0. The van der Waals surface area contributed by atoms with Crippen molar-refractivity contribution in [3.8, 4) is 22.7 Å². The molecule has 0 unspecified atom stereocenters. The second-order valence-electron chi connectivity index (χ2n) is 4.66. The Bertz CT molecular complexity index is 961. The Kier molecular flexibility index (Phi) is 3.01. The van der Waals surface area contributed by atoms with Gasteiger partial charge in [0.2, 0.25) is 5.89 Å². The first-order chi connectivity index (χ1) is 10.8. The molecule has 1 aromatic carbocycles. The standard InChI is InChI=1S/C16H9N3O2S/c20-7-12-5-11(3-4-17-12)16-19-13-6-10(1-2-15(13)21-16)14-8-22-9-18-14/h1-9H. The highest BCUT2D eigenvalue weighted by molar-refractivity contribution is 7.07. The zero-order valence-corrected chi connectivity index (χ0v) is 12.1. The number of aromatic nitrogens is 3. The molecule has 0 aliphatic heterocycles. The lowest BCUT2D eigenvalue weighted by molar-refractivity contribution is 0.111. The van der Waals surface area contributed by atoms with Crippen LogP contribution in [0.15, 0.2) is 51.8 Å². The van der Waals surface area contributed by atoms with Gasteiger partial charge in [0.1, 0.15) is 11.2 Å². The maximum Gasteiger partial charge on any atom is 0.227 e. The molecule has 3 heterocycles. The zero-order chi connectivity index (χ0) is 14.9. The molecule has 106 valence electrons. The normalized spacial score (nSPS) is 10.9. The maximum absolute atomic E-state index is 10.8. The Hall–Kier alpha value is -2.86. The minimum atomic E-state index is 0.350. The first kappa shape index (κ1) is 12.8. The van der Waals surface area contributed by atoms with Gasteiger partial charge in [-0.05, 0) is 30.3 Å². The minimum absolute atomic E-state index is 0.350. The molecule has 4 rings (SSSR count). The average molecular weight is 307 g/mol. The van der Waals surface area contributed by atoms with Gasteiger partial charge in [-0.15, -0.1) is 11.3 Å². The van der Waals surface area contributed by atoms with Crippen LogP contribution in [0.4, 0.5) is 0 Å². The van der Waals surface area contributed by atoms with Crippen molar-refractivity contribution in [2.24, 2.45) is 0 Å². The molecule has 5 nitrogen and oxygen atoms in total. The van der Waals surface area contributed by atoms with Crippen molar-refractivity contribution in [2.75, 3.05) is 0 Å². The fraction of sp³-hybridized carbons (Fsp3) is 0. The summed E-state index contributed by atoms with van der Waals surface area (Å²) in [5.74, 6) is 0.468. The zero-order valence-electron chi connectivity index (χ0n) is 11.3. The van der Waals surface area contributed by atoms with E-state index < -0.39 is 0 Å². The molecule has 0 saturated heterocycles. The molecular weight excluding hydrogens is 298 g/mol. The number of benzene rings is 1. The monoisotopic (exact) mass is 307 g/mol. The number of aldehydes is 1. The second kappa shape index (κ2) is 5.16. The molecule has 0 bridgehead atoms. The fourth-order valence-corrected chi connectivity index (χ4v) is 2.77. The molecule has 4 aromatic rings. The third-order valence-corrected chi connectivity index (χ3v) is 3.85. The van der Waals surface area contributed by atoms with Gasteiger partial charge in [0, 0.05) is 22.7 Å². The molecule has 0 saturated carbocycles. The molecule has 0 radical (unpaired) electrons. The van der Waals surface area contributed by atoms with Crippen LogP contribution in [-0.2, 0) is 0 Å². The van der Waals surface area contributed by atoms with E-state index >= 15 is 0 Å². The summed E-state index contributed by atoms with van der Waals surface area (Å²) in [4.78, 5) is 23.5. The van der Waals surface area contributed by atoms with Gasteiger partial charge in [-0.2, -0.15) is 0 Å². The number of rotatable bonds is 3. The molecule has 22 heavy (non-hydrogen) atoms. The Morgan fingerprint density at radius 1 is 1.09 bits per heavy atom. The van der Waals surface area contributed by atoms with E-state index in [1.165, 1.54) is 0 Å². The number of carbonyl (C=O) groups excluding carboxylic acids is 1. The fourth-order valence-electron chi connectivity index (χ4n) is 2.21.